The topological polar surface area (TPSA) is 87.1 Å². The van der Waals surface area contributed by atoms with Gasteiger partial charge in [0.25, 0.3) is 5.91 Å². The van der Waals surface area contributed by atoms with E-state index >= 15 is 0 Å². The summed E-state index contributed by atoms with van der Waals surface area (Å²) in [5.74, 6) is -1.77. The third-order valence-corrected chi connectivity index (χ3v) is 2.51. The Morgan fingerprint density at radius 2 is 2.18 bits per heavy atom. The van der Waals surface area contributed by atoms with Crippen LogP contribution in [0.3, 0.4) is 0 Å². The zero-order chi connectivity index (χ0) is 12.4. The summed E-state index contributed by atoms with van der Waals surface area (Å²) in [6.45, 7) is 0.779. The predicted octanol–water partition coefficient (Wildman–Crippen LogP) is 0.454. The lowest BCUT2D eigenvalue weighted by Gasteiger charge is -2.27. The summed E-state index contributed by atoms with van der Waals surface area (Å²) in [5.41, 5.74) is 0.232. The zero-order valence-corrected chi connectivity index (χ0v) is 8.92. The lowest BCUT2D eigenvalue weighted by Crippen LogP contribution is -2.41. The SMILES string of the molecule is O=C(O)c1cc(N2CCOCC2=O)ccc1O. The van der Waals surface area contributed by atoms with Crippen LogP contribution < -0.4 is 4.90 Å². The number of carboxylic acids is 1. The minimum atomic E-state index is -1.23. The Morgan fingerprint density at radius 3 is 2.82 bits per heavy atom. The first-order valence-corrected chi connectivity index (χ1v) is 5.04. The van der Waals surface area contributed by atoms with Gasteiger partial charge >= 0.3 is 5.97 Å². The van der Waals surface area contributed by atoms with Crippen LogP contribution in [0.5, 0.6) is 5.75 Å². The largest absolute Gasteiger partial charge is 0.507 e. The van der Waals surface area contributed by atoms with Crippen LogP contribution in [0, 0.1) is 0 Å². The molecule has 1 aliphatic heterocycles. The molecule has 1 saturated heterocycles. The molecule has 0 radical (unpaired) electrons. The van der Waals surface area contributed by atoms with Crippen molar-refractivity contribution in [1.82, 2.24) is 0 Å². The predicted molar refractivity (Wildman–Crippen MR) is 58.2 cm³/mol. The van der Waals surface area contributed by atoms with Gasteiger partial charge in [0, 0.05) is 12.2 Å². The molecule has 0 unspecified atom stereocenters. The number of hydrogen-bond acceptors (Lipinski definition) is 4. The van der Waals surface area contributed by atoms with E-state index in [2.05, 4.69) is 0 Å². The van der Waals surface area contributed by atoms with Gasteiger partial charge in [-0.2, -0.15) is 0 Å². The van der Waals surface area contributed by atoms with Gasteiger partial charge in [0.2, 0.25) is 0 Å². The summed E-state index contributed by atoms with van der Waals surface area (Å²) < 4.78 is 4.98. The maximum atomic E-state index is 11.6. The smallest absolute Gasteiger partial charge is 0.339 e. The van der Waals surface area contributed by atoms with Gasteiger partial charge in [-0.05, 0) is 18.2 Å². The minimum absolute atomic E-state index is 0.0106. The molecule has 0 bridgehead atoms. The molecule has 1 aliphatic rings. The highest BCUT2D eigenvalue weighted by molar-refractivity contribution is 5.97. The number of carbonyl (C=O) groups is 2. The normalized spacial score (nSPS) is 16.0. The van der Waals surface area contributed by atoms with Crippen molar-refractivity contribution < 1.29 is 24.5 Å². The van der Waals surface area contributed by atoms with Gasteiger partial charge in [-0.25, -0.2) is 4.79 Å². The number of nitrogens with zero attached hydrogens (tertiary/aromatic N) is 1. The van der Waals surface area contributed by atoms with Crippen molar-refractivity contribution in [3.8, 4) is 5.75 Å². The Hall–Kier alpha value is -2.08. The molecule has 1 fully saturated rings. The third-order valence-electron chi connectivity index (χ3n) is 2.51. The van der Waals surface area contributed by atoms with Crippen LogP contribution in [0.1, 0.15) is 10.4 Å². The van der Waals surface area contributed by atoms with Crippen molar-refractivity contribution in [2.45, 2.75) is 0 Å². The summed E-state index contributed by atoms with van der Waals surface area (Å²) in [6, 6.07) is 4.05. The number of aromatic hydroxyl groups is 1. The standard InChI is InChI=1S/C11H11NO5/c13-9-2-1-7(5-8(9)11(15)16)12-3-4-17-6-10(12)14/h1-2,5,13H,3-4,6H2,(H,15,16). The first-order valence-electron chi connectivity index (χ1n) is 5.04. The molecule has 0 atom stereocenters. The summed E-state index contributed by atoms with van der Waals surface area (Å²) in [4.78, 5) is 23.8. The van der Waals surface area contributed by atoms with Gasteiger partial charge in [-0.15, -0.1) is 0 Å². The summed E-state index contributed by atoms with van der Waals surface area (Å²) in [5, 5.41) is 18.2. The van der Waals surface area contributed by atoms with Crippen LogP contribution in [-0.4, -0.2) is 41.8 Å². The Bertz CT molecular complexity index is 471. The fourth-order valence-electron chi connectivity index (χ4n) is 1.65. The number of aromatic carboxylic acids is 1. The molecule has 0 spiro atoms. The number of morpholine rings is 1. The number of phenols is 1. The molecule has 2 N–H and O–H groups in total. The fraction of sp³-hybridized carbons (Fsp3) is 0.273. The summed E-state index contributed by atoms with van der Waals surface area (Å²) >= 11 is 0. The number of benzene rings is 1. The molecule has 90 valence electrons. The highest BCUT2D eigenvalue weighted by Gasteiger charge is 2.22. The maximum absolute atomic E-state index is 11.6. The molecular formula is C11H11NO5. The number of hydrogen-bond donors (Lipinski definition) is 2. The van der Waals surface area contributed by atoms with E-state index in [1.54, 1.807) is 0 Å². The molecular weight excluding hydrogens is 226 g/mol. The minimum Gasteiger partial charge on any atom is -0.507 e. The van der Waals surface area contributed by atoms with Crippen LogP contribution in [0.15, 0.2) is 18.2 Å². The van der Waals surface area contributed by atoms with Gasteiger partial charge in [-0.3, -0.25) is 4.79 Å². The Balaban J connectivity index is 2.35. The van der Waals surface area contributed by atoms with E-state index in [9.17, 15) is 14.7 Å². The van der Waals surface area contributed by atoms with Crippen LogP contribution >= 0.6 is 0 Å². The summed E-state index contributed by atoms with van der Waals surface area (Å²) in [7, 11) is 0. The second-order valence-electron chi connectivity index (χ2n) is 3.60. The van der Waals surface area contributed by atoms with Gasteiger partial charge < -0.3 is 19.8 Å². The first-order chi connectivity index (χ1) is 8.09. The average Bonchev–Trinajstić information content (AvgIpc) is 2.30. The molecule has 1 aromatic rings. The summed E-state index contributed by atoms with van der Waals surface area (Å²) in [6.07, 6.45) is 0. The van der Waals surface area contributed by atoms with Crippen molar-refractivity contribution >= 4 is 17.6 Å². The Kier molecular flexibility index (Phi) is 2.97. The van der Waals surface area contributed by atoms with Gasteiger partial charge in [0.15, 0.2) is 0 Å². The number of rotatable bonds is 2. The molecule has 17 heavy (non-hydrogen) atoms. The lowest BCUT2D eigenvalue weighted by molar-refractivity contribution is -0.125. The molecule has 0 aliphatic carbocycles. The number of ether oxygens (including phenoxy) is 1. The van der Waals surface area contributed by atoms with Crippen LogP contribution in [0.4, 0.5) is 5.69 Å². The number of carboxylic acid groups (broad SMARTS) is 1. The molecule has 1 amide bonds. The molecule has 6 heteroatoms. The van der Waals surface area contributed by atoms with Gasteiger partial charge in [0.1, 0.15) is 17.9 Å². The average molecular weight is 237 g/mol. The van der Waals surface area contributed by atoms with Gasteiger partial charge in [-0.1, -0.05) is 0 Å². The van der Waals surface area contributed by atoms with E-state index in [1.165, 1.54) is 23.1 Å². The molecule has 6 nitrogen and oxygen atoms in total. The maximum Gasteiger partial charge on any atom is 0.339 e. The molecule has 1 heterocycles. The number of anilines is 1. The number of amides is 1. The van der Waals surface area contributed by atoms with E-state index in [4.69, 9.17) is 9.84 Å². The quantitative estimate of drug-likeness (QED) is 0.780. The van der Waals surface area contributed by atoms with Crippen molar-refractivity contribution in [2.24, 2.45) is 0 Å². The van der Waals surface area contributed by atoms with Crippen molar-refractivity contribution in [3.05, 3.63) is 23.8 Å². The highest BCUT2D eigenvalue weighted by atomic mass is 16.5. The van der Waals surface area contributed by atoms with E-state index in [-0.39, 0.29) is 23.8 Å². The second-order valence-corrected chi connectivity index (χ2v) is 3.60. The molecule has 1 aromatic carbocycles. The first kappa shape index (κ1) is 11.4. The lowest BCUT2D eigenvalue weighted by atomic mass is 10.1. The van der Waals surface area contributed by atoms with Gasteiger partial charge in [0.05, 0.1) is 6.61 Å². The fourth-order valence-corrected chi connectivity index (χ4v) is 1.65. The molecule has 2 rings (SSSR count). The second kappa shape index (κ2) is 4.42. The Morgan fingerprint density at radius 1 is 1.41 bits per heavy atom. The van der Waals surface area contributed by atoms with Crippen LogP contribution in [0.25, 0.3) is 0 Å². The van der Waals surface area contributed by atoms with Crippen molar-refractivity contribution in [2.75, 3.05) is 24.7 Å². The van der Waals surface area contributed by atoms with Crippen molar-refractivity contribution in [3.63, 3.8) is 0 Å². The van der Waals surface area contributed by atoms with E-state index in [1.807, 2.05) is 0 Å². The Labute approximate surface area is 97.0 Å². The van der Waals surface area contributed by atoms with Crippen LogP contribution in [-0.2, 0) is 9.53 Å². The molecule has 0 saturated carbocycles. The monoisotopic (exact) mass is 237 g/mol. The third kappa shape index (κ3) is 2.21. The molecule has 0 aromatic heterocycles. The highest BCUT2D eigenvalue weighted by Crippen LogP contribution is 2.25. The van der Waals surface area contributed by atoms with Crippen LogP contribution in [0.2, 0.25) is 0 Å². The van der Waals surface area contributed by atoms with E-state index in [0.29, 0.717) is 18.8 Å². The van der Waals surface area contributed by atoms with E-state index in [0.717, 1.165) is 0 Å². The van der Waals surface area contributed by atoms with E-state index < -0.39 is 5.97 Å². The zero-order valence-electron chi connectivity index (χ0n) is 8.92. The number of carbonyl (C=O) groups excluding carboxylic acids is 1. The van der Waals surface area contributed by atoms with Crippen molar-refractivity contribution in [1.29, 1.82) is 0 Å².